The van der Waals surface area contributed by atoms with Crippen LogP contribution in [0.5, 0.6) is 5.75 Å². The van der Waals surface area contributed by atoms with Gasteiger partial charge >= 0.3 is 0 Å². The second-order valence-corrected chi connectivity index (χ2v) is 5.05. The van der Waals surface area contributed by atoms with Crippen LogP contribution in [-0.2, 0) is 0 Å². The fraction of sp³-hybridized carbons (Fsp3) is 0.188. The molecule has 0 unspecified atom stereocenters. The molecule has 0 saturated carbocycles. The molecular weight excluding hydrogens is 279 g/mol. The normalized spacial score (nSPS) is 10.7. The van der Waals surface area contributed by atoms with Crippen molar-refractivity contribution in [2.24, 2.45) is 0 Å². The minimum Gasteiger partial charge on any atom is -0.491 e. The quantitative estimate of drug-likeness (QED) is 0.776. The molecule has 0 atom stereocenters. The van der Waals surface area contributed by atoms with Gasteiger partial charge in [-0.15, -0.1) is 0 Å². The number of halogens is 2. The summed E-state index contributed by atoms with van der Waals surface area (Å²) in [6.45, 7) is 3.80. The van der Waals surface area contributed by atoms with E-state index in [1.807, 2.05) is 13.8 Å². The zero-order valence-corrected chi connectivity index (χ0v) is 11.9. The molecule has 2 rings (SSSR count). The van der Waals surface area contributed by atoms with Crippen molar-refractivity contribution in [1.82, 2.24) is 0 Å². The molecule has 0 aromatic heterocycles. The third-order valence-electron chi connectivity index (χ3n) is 2.64. The van der Waals surface area contributed by atoms with Gasteiger partial charge in [-0.25, -0.2) is 4.39 Å². The van der Waals surface area contributed by atoms with Gasteiger partial charge in [0.2, 0.25) is 0 Å². The Kier molecular flexibility index (Phi) is 4.40. The molecule has 0 N–H and O–H groups in total. The van der Waals surface area contributed by atoms with E-state index in [4.69, 9.17) is 16.3 Å². The number of benzene rings is 2. The first kappa shape index (κ1) is 14.5. The standard InChI is InChI=1S/C16H14ClFO2/c1-10(2)20-13-5-3-4-11(8-13)16(19)14-9-12(18)6-7-15(14)17/h3-10H,1-2H3. The highest BCUT2D eigenvalue weighted by atomic mass is 35.5. The van der Waals surface area contributed by atoms with Gasteiger partial charge in [0.05, 0.1) is 11.1 Å². The van der Waals surface area contributed by atoms with Crippen LogP contribution in [0.25, 0.3) is 0 Å². The van der Waals surface area contributed by atoms with Gasteiger partial charge in [0.15, 0.2) is 5.78 Å². The Morgan fingerprint density at radius 2 is 1.95 bits per heavy atom. The summed E-state index contributed by atoms with van der Waals surface area (Å²) in [7, 11) is 0. The highest BCUT2D eigenvalue weighted by molar-refractivity contribution is 6.35. The van der Waals surface area contributed by atoms with Gasteiger partial charge < -0.3 is 4.74 Å². The van der Waals surface area contributed by atoms with Crippen molar-refractivity contribution in [2.45, 2.75) is 20.0 Å². The molecule has 104 valence electrons. The number of hydrogen-bond acceptors (Lipinski definition) is 2. The van der Waals surface area contributed by atoms with E-state index >= 15 is 0 Å². The second kappa shape index (κ2) is 6.06. The SMILES string of the molecule is CC(C)Oc1cccc(C(=O)c2cc(F)ccc2Cl)c1. The largest absolute Gasteiger partial charge is 0.491 e. The van der Waals surface area contributed by atoms with Gasteiger partial charge in [-0.1, -0.05) is 23.7 Å². The third kappa shape index (κ3) is 3.36. The fourth-order valence-electron chi connectivity index (χ4n) is 1.81. The first-order valence-electron chi connectivity index (χ1n) is 6.24. The summed E-state index contributed by atoms with van der Waals surface area (Å²) < 4.78 is 18.8. The van der Waals surface area contributed by atoms with Crippen LogP contribution < -0.4 is 4.74 Å². The van der Waals surface area contributed by atoms with Crippen molar-refractivity contribution < 1.29 is 13.9 Å². The fourth-order valence-corrected chi connectivity index (χ4v) is 2.01. The van der Waals surface area contributed by atoms with E-state index in [1.54, 1.807) is 24.3 Å². The lowest BCUT2D eigenvalue weighted by Crippen LogP contribution is -2.07. The van der Waals surface area contributed by atoms with Crippen LogP contribution >= 0.6 is 11.6 Å². The van der Waals surface area contributed by atoms with E-state index in [2.05, 4.69) is 0 Å². The highest BCUT2D eigenvalue weighted by Gasteiger charge is 2.14. The average Bonchev–Trinajstić information content (AvgIpc) is 2.40. The summed E-state index contributed by atoms with van der Waals surface area (Å²) in [6, 6.07) is 10.5. The van der Waals surface area contributed by atoms with E-state index < -0.39 is 5.82 Å². The summed E-state index contributed by atoms with van der Waals surface area (Å²) >= 11 is 5.95. The number of ether oxygens (including phenoxy) is 1. The second-order valence-electron chi connectivity index (χ2n) is 4.65. The first-order valence-corrected chi connectivity index (χ1v) is 6.61. The molecule has 0 amide bonds. The number of hydrogen-bond donors (Lipinski definition) is 0. The van der Waals surface area contributed by atoms with E-state index in [9.17, 15) is 9.18 Å². The molecule has 0 bridgehead atoms. The summed E-state index contributed by atoms with van der Waals surface area (Å²) in [6.07, 6.45) is 0.0121. The van der Waals surface area contributed by atoms with E-state index in [0.29, 0.717) is 11.3 Å². The Morgan fingerprint density at radius 3 is 2.65 bits per heavy atom. The Bertz CT molecular complexity index is 638. The van der Waals surface area contributed by atoms with Crippen molar-refractivity contribution in [3.8, 4) is 5.75 Å². The zero-order chi connectivity index (χ0) is 14.7. The smallest absolute Gasteiger partial charge is 0.194 e. The molecule has 0 aliphatic heterocycles. The van der Waals surface area contributed by atoms with E-state index in [1.165, 1.54) is 12.1 Å². The maximum absolute atomic E-state index is 13.2. The van der Waals surface area contributed by atoms with Gasteiger partial charge in [-0.3, -0.25) is 4.79 Å². The maximum atomic E-state index is 13.2. The van der Waals surface area contributed by atoms with Crippen LogP contribution in [0.4, 0.5) is 4.39 Å². The van der Waals surface area contributed by atoms with Crippen molar-refractivity contribution in [2.75, 3.05) is 0 Å². The van der Waals surface area contributed by atoms with Crippen molar-refractivity contribution in [3.05, 3.63) is 64.4 Å². The summed E-state index contributed by atoms with van der Waals surface area (Å²) in [5.41, 5.74) is 0.559. The van der Waals surface area contributed by atoms with Gasteiger partial charge in [-0.05, 0) is 44.2 Å². The predicted octanol–water partition coefficient (Wildman–Crippen LogP) is 4.50. The molecule has 0 radical (unpaired) electrons. The lowest BCUT2D eigenvalue weighted by molar-refractivity contribution is 0.103. The van der Waals surface area contributed by atoms with Crippen LogP contribution in [0, 0.1) is 5.82 Å². The predicted molar refractivity (Wildman–Crippen MR) is 77.0 cm³/mol. The molecule has 2 aromatic carbocycles. The molecule has 0 spiro atoms. The van der Waals surface area contributed by atoms with Crippen LogP contribution in [0.1, 0.15) is 29.8 Å². The highest BCUT2D eigenvalue weighted by Crippen LogP contribution is 2.23. The molecule has 0 heterocycles. The van der Waals surface area contributed by atoms with Crippen LogP contribution in [0.15, 0.2) is 42.5 Å². The topological polar surface area (TPSA) is 26.3 Å². The molecule has 0 aliphatic carbocycles. The first-order chi connectivity index (χ1) is 9.47. The van der Waals surface area contributed by atoms with Crippen molar-refractivity contribution in [1.29, 1.82) is 0 Å². The summed E-state index contributed by atoms with van der Waals surface area (Å²) in [5.74, 6) is -0.227. The Hall–Kier alpha value is -1.87. The molecule has 2 nitrogen and oxygen atoms in total. The minimum atomic E-state index is -0.493. The van der Waals surface area contributed by atoms with Crippen LogP contribution in [0.3, 0.4) is 0 Å². The third-order valence-corrected chi connectivity index (χ3v) is 2.97. The number of ketones is 1. The van der Waals surface area contributed by atoms with Gasteiger partial charge in [0, 0.05) is 11.1 Å². The Labute approximate surface area is 122 Å². The summed E-state index contributed by atoms with van der Waals surface area (Å²) in [4.78, 5) is 12.4. The molecule has 2 aromatic rings. The van der Waals surface area contributed by atoms with Crippen molar-refractivity contribution in [3.63, 3.8) is 0 Å². The van der Waals surface area contributed by atoms with Gasteiger partial charge in [0.1, 0.15) is 11.6 Å². The van der Waals surface area contributed by atoms with Gasteiger partial charge in [-0.2, -0.15) is 0 Å². The number of rotatable bonds is 4. The average molecular weight is 293 g/mol. The van der Waals surface area contributed by atoms with Gasteiger partial charge in [0.25, 0.3) is 0 Å². The maximum Gasteiger partial charge on any atom is 0.194 e. The van der Waals surface area contributed by atoms with E-state index in [0.717, 1.165) is 6.07 Å². The minimum absolute atomic E-state index is 0.0121. The molecule has 4 heteroatoms. The molecule has 0 saturated heterocycles. The lowest BCUT2D eigenvalue weighted by atomic mass is 10.0. The summed E-state index contributed by atoms with van der Waals surface area (Å²) in [5, 5.41) is 0.228. The Balaban J connectivity index is 2.35. The van der Waals surface area contributed by atoms with Crippen LogP contribution in [0.2, 0.25) is 5.02 Å². The molecular formula is C16H14ClFO2. The van der Waals surface area contributed by atoms with Crippen LogP contribution in [-0.4, -0.2) is 11.9 Å². The monoisotopic (exact) mass is 292 g/mol. The lowest BCUT2D eigenvalue weighted by Gasteiger charge is -2.11. The Morgan fingerprint density at radius 1 is 1.20 bits per heavy atom. The molecule has 20 heavy (non-hydrogen) atoms. The number of carbonyl (C=O) groups excluding carboxylic acids is 1. The van der Waals surface area contributed by atoms with Crippen molar-refractivity contribution >= 4 is 17.4 Å². The number of carbonyl (C=O) groups is 1. The zero-order valence-electron chi connectivity index (χ0n) is 11.2. The molecule has 0 fully saturated rings. The van der Waals surface area contributed by atoms with E-state index in [-0.39, 0.29) is 22.5 Å². The molecule has 0 aliphatic rings.